The van der Waals surface area contributed by atoms with Gasteiger partial charge in [-0.25, -0.2) is 0 Å². The molecular weight excluding hydrogens is 523 g/mol. The molecule has 2 aliphatic rings. The molecule has 3 atom stereocenters. The van der Waals surface area contributed by atoms with Crippen molar-refractivity contribution in [2.75, 3.05) is 7.11 Å². The quantitative estimate of drug-likeness (QED) is 0.368. The van der Waals surface area contributed by atoms with Crippen molar-refractivity contribution in [1.82, 2.24) is 10.2 Å². The maximum absolute atomic E-state index is 14.1. The number of nitrogens with one attached hydrogen (secondary N) is 1. The third kappa shape index (κ3) is 3.98. The molecule has 2 fully saturated rings. The summed E-state index contributed by atoms with van der Waals surface area (Å²) in [6, 6.07) is 19.9. The molecule has 0 saturated carbocycles. The van der Waals surface area contributed by atoms with Crippen LogP contribution in [-0.4, -0.2) is 35.8 Å². The van der Waals surface area contributed by atoms with Crippen molar-refractivity contribution >= 4 is 52.6 Å². The summed E-state index contributed by atoms with van der Waals surface area (Å²) in [7, 11) is 1.25. The fourth-order valence-corrected chi connectivity index (χ4v) is 5.89. The number of nitrogens with zero attached hydrogens (tertiary/aromatic N) is 1. The van der Waals surface area contributed by atoms with E-state index in [-0.39, 0.29) is 6.54 Å². The van der Waals surface area contributed by atoms with Crippen LogP contribution in [-0.2, 0) is 31.2 Å². The summed E-state index contributed by atoms with van der Waals surface area (Å²) in [5.41, 5.74) is 0.738. The minimum atomic E-state index is -1.26. The molecule has 0 aromatic heterocycles. The molecule has 5 rings (SSSR count). The summed E-state index contributed by atoms with van der Waals surface area (Å²) in [6.07, 6.45) is 0. The van der Waals surface area contributed by atoms with Gasteiger partial charge in [-0.1, -0.05) is 71.2 Å². The van der Waals surface area contributed by atoms with E-state index in [2.05, 4.69) is 5.32 Å². The Bertz CT molecular complexity index is 1320. The lowest BCUT2D eigenvalue weighted by molar-refractivity contribution is -0.148. The molecule has 0 unspecified atom stereocenters. The standard InChI is InChI=1S/C27H21Cl3N2O4/c1-36-26(35)23-21-22(25(34)32(24(21)33)14-15-8-10-18(28)11-9-15)27(31-23,16-4-2-6-19(29)12-16)17-5-3-7-20(30)13-17/h2-13,21-23,31H,14H2,1H3/t21-,22+,23+/m0/s1. The second kappa shape index (κ2) is 9.52. The number of likely N-dealkylation sites (tertiary alicyclic amines) is 1. The van der Waals surface area contributed by atoms with Crippen LogP contribution in [0.25, 0.3) is 0 Å². The largest absolute Gasteiger partial charge is 0.468 e. The molecule has 0 bridgehead atoms. The number of amides is 2. The molecule has 0 spiro atoms. The van der Waals surface area contributed by atoms with E-state index in [9.17, 15) is 14.4 Å². The van der Waals surface area contributed by atoms with Crippen LogP contribution in [0.5, 0.6) is 0 Å². The molecule has 3 aromatic rings. The number of carbonyl (C=O) groups is 3. The Kier molecular flexibility index (Phi) is 6.55. The lowest BCUT2D eigenvalue weighted by atomic mass is 9.71. The van der Waals surface area contributed by atoms with Gasteiger partial charge in [-0.3, -0.25) is 24.6 Å². The van der Waals surface area contributed by atoms with E-state index < -0.39 is 41.2 Å². The zero-order valence-electron chi connectivity index (χ0n) is 19.1. The first-order valence-corrected chi connectivity index (χ1v) is 12.4. The predicted molar refractivity (Wildman–Crippen MR) is 137 cm³/mol. The first-order chi connectivity index (χ1) is 17.3. The number of imide groups is 1. The van der Waals surface area contributed by atoms with Crippen LogP contribution in [0.3, 0.4) is 0 Å². The van der Waals surface area contributed by atoms with Gasteiger partial charge in [0.05, 0.1) is 31.0 Å². The van der Waals surface area contributed by atoms with E-state index in [1.807, 2.05) is 12.1 Å². The monoisotopic (exact) mass is 542 g/mol. The highest BCUT2D eigenvalue weighted by atomic mass is 35.5. The number of esters is 1. The smallest absolute Gasteiger partial charge is 0.323 e. The van der Waals surface area contributed by atoms with Crippen LogP contribution < -0.4 is 5.32 Å². The Morgan fingerprint density at radius 3 is 2.00 bits per heavy atom. The Morgan fingerprint density at radius 2 is 1.47 bits per heavy atom. The van der Waals surface area contributed by atoms with E-state index in [0.717, 1.165) is 5.56 Å². The fourth-order valence-electron chi connectivity index (χ4n) is 5.39. The number of halogens is 3. The van der Waals surface area contributed by atoms with Crippen LogP contribution in [0.2, 0.25) is 15.1 Å². The number of benzene rings is 3. The van der Waals surface area contributed by atoms with Crippen molar-refractivity contribution < 1.29 is 19.1 Å². The average Bonchev–Trinajstić information content (AvgIpc) is 3.35. The zero-order chi connectivity index (χ0) is 25.6. The SMILES string of the molecule is COC(=O)[C@@H]1NC(c2cccc(Cl)c2)(c2cccc(Cl)c2)[C@H]2C(=O)N(Cc3ccc(Cl)cc3)C(=O)[C@H]12. The second-order valence-electron chi connectivity index (χ2n) is 8.87. The van der Waals surface area contributed by atoms with Crippen molar-refractivity contribution in [2.24, 2.45) is 11.8 Å². The molecule has 1 N–H and O–H groups in total. The van der Waals surface area contributed by atoms with Gasteiger partial charge in [0.25, 0.3) is 0 Å². The highest BCUT2D eigenvalue weighted by Gasteiger charge is 2.68. The molecule has 2 amide bonds. The maximum atomic E-state index is 14.1. The zero-order valence-corrected chi connectivity index (χ0v) is 21.3. The Morgan fingerprint density at radius 1 is 0.889 bits per heavy atom. The lowest BCUT2D eigenvalue weighted by Gasteiger charge is -2.36. The topological polar surface area (TPSA) is 75.7 Å². The van der Waals surface area contributed by atoms with Crippen LogP contribution >= 0.6 is 34.8 Å². The number of hydrogen-bond acceptors (Lipinski definition) is 5. The Balaban J connectivity index is 1.70. The molecule has 0 radical (unpaired) electrons. The normalized spacial score (nSPS) is 22.6. The van der Waals surface area contributed by atoms with Crippen molar-refractivity contribution in [1.29, 1.82) is 0 Å². The molecule has 2 saturated heterocycles. The van der Waals surface area contributed by atoms with Crippen molar-refractivity contribution in [2.45, 2.75) is 18.1 Å². The average molecular weight is 544 g/mol. The van der Waals surface area contributed by atoms with E-state index in [4.69, 9.17) is 39.5 Å². The van der Waals surface area contributed by atoms with Crippen molar-refractivity contribution in [3.8, 4) is 0 Å². The molecular formula is C27H21Cl3N2O4. The first kappa shape index (κ1) is 24.8. The van der Waals surface area contributed by atoms with Crippen LogP contribution in [0, 0.1) is 11.8 Å². The summed E-state index contributed by atoms with van der Waals surface area (Å²) in [5.74, 6) is -3.42. The number of hydrogen-bond donors (Lipinski definition) is 1. The third-order valence-electron chi connectivity index (χ3n) is 6.92. The van der Waals surface area contributed by atoms with Gasteiger partial charge in [-0.2, -0.15) is 0 Å². The Labute approximate surface area is 223 Å². The summed E-state index contributed by atoms with van der Waals surface area (Å²) in [5, 5.41) is 4.76. The van der Waals surface area contributed by atoms with Gasteiger partial charge in [0.2, 0.25) is 11.8 Å². The van der Waals surface area contributed by atoms with E-state index in [1.165, 1.54) is 12.0 Å². The minimum Gasteiger partial charge on any atom is -0.468 e. The van der Waals surface area contributed by atoms with Crippen LogP contribution in [0.15, 0.2) is 72.8 Å². The molecule has 9 heteroatoms. The fraction of sp³-hybridized carbons (Fsp3) is 0.222. The van der Waals surface area contributed by atoms with E-state index >= 15 is 0 Å². The summed E-state index contributed by atoms with van der Waals surface area (Å²) in [4.78, 5) is 42.0. The first-order valence-electron chi connectivity index (χ1n) is 11.2. The number of rotatable bonds is 5. The number of ether oxygens (including phenoxy) is 1. The molecule has 3 aromatic carbocycles. The second-order valence-corrected chi connectivity index (χ2v) is 10.2. The van der Waals surface area contributed by atoms with Crippen molar-refractivity contribution in [3.63, 3.8) is 0 Å². The number of fused-ring (bicyclic) bond motifs is 1. The van der Waals surface area contributed by atoms with Gasteiger partial charge in [-0.05, 0) is 53.1 Å². The summed E-state index contributed by atoms with van der Waals surface area (Å²) < 4.78 is 5.05. The van der Waals surface area contributed by atoms with Crippen LogP contribution in [0.1, 0.15) is 16.7 Å². The number of methoxy groups -OCH3 is 1. The van der Waals surface area contributed by atoms with Gasteiger partial charge in [0, 0.05) is 15.1 Å². The van der Waals surface area contributed by atoms with E-state index in [0.29, 0.717) is 26.2 Å². The summed E-state index contributed by atoms with van der Waals surface area (Å²) >= 11 is 18.7. The summed E-state index contributed by atoms with van der Waals surface area (Å²) in [6.45, 7) is 0.0525. The van der Waals surface area contributed by atoms with Gasteiger partial charge in [0.1, 0.15) is 6.04 Å². The molecule has 2 aliphatic heterocycles. The third-order valence-corrected chi connectivity index (χ3v) is 7.64. The minimum absolute atomic E-state index is 0.0525. The number of carbonyl (C=O) groups excluding carboxylic acids is 3. The highest BCUT2D eigenvalue weighted by Crippen LogP contribution is 2.52. The highest BCUT2D eigenvalue weighted by molar-refractivity contribution is 6.31. The molecule has 6 nitrogen and oxygen atoms in total. The molecule has 36 heavy (non-hydrogen) atoms. The van der Waals surface area contributed by atoms with E-state index in [1.54, 1.807) is 60.7 Å². The maximum Gasteiger partial charge on any atom is 0.323 e. The Hall–Kier alpha value is -2.90. The lowest BCUT2D eigenvalue weighted by Crippen LogP contribution is -2.51. The molecule has 0 aliphatic carbocycles. The molecule has 2 heterocycles. The van der Waals surface area contributed by atoms with Gasteiger partial charge < -0.3 is 4.74 Å². The van der Waals surface area contributed by atoms with Crippen LogP contribution in [0.4, 0.5) is 0 Å². The predicted octanol–water partition coefficient (Wildman–Crippen LogP) is 4.84. The molecule has 184 valence electrons. The van der Waals surface area contributed by atoms with Gasteiger partial charge in [-0.15, -0.1) is 0 Å². The van der Waals surface area contributed by atoms with Crippen molar-refractivity contribution in [3.05, 3.63) is 105 Å². The van der Waals surface area contributed by atoms with Gasteiger partial charge in [0.15, 0.2) is 0 Å². The van der Waals surface area contributed by atoms with Gasteiger partial charge >= 0.3 is 5.97 Å².